The number of ketones is 1. The lowest BCUT2D eigenvalue weighted by atomic mass is 9.81. The van der Waals surface area contributed by atoms with E-state index in [0.717, 1.165) is 0 Å². The summed E-state index contributed by atoms with van der Waals surface area (Å²) in [7, 11) is 0. The van der Waals surface area contributed by atoms with E-state index in [-0.39, 0.29) is 55.9 Å². The molecule has 2 aromatic carbocycles. The Morgan fingerprint density at radius 2 is 1.41 bits per heavy atom. The Bertz CT molecular complexity index is 1390. The summed E-state index contributed by atoms with van der Waals surface area (Å²) in [4.78, 5) is 64.3. The molecule has 2 aliphatic rings. The van der Waals surface area contributed by atoms with Crippen LogP contribution in [0.5, 0.6) is 5.75 Å². The van der Waals surface area contributed by atoms with Crippen LogP contribution in [0.2, 0.25) is 0 Å². The summed E-state index contributed by atoms with van der Waals surface area (Å²) in [5.74, 6) is -2.80. The maximum atomic E-state index is 13.0. The van der Waals surface area contributed by atoms with E-state index in [9.17, 15) is 24.0 Å². The van der Waals surface area contributed by atoms with Crippen molar-refractivity contribution >= 4 is 67.1 Å². The van der Waals surface area contributed by atoms with Crippen LogP contribution in [-0.4, -0.2) is 45.8 Å². The van der Waals surface area contributed by atoms with Crippen molar-refractivity contribution in [1.29, 1.82) is 0 Å². The molecule has 1 saturated heterocycles. The van der Waals surface area contributed by atoms with E-state index in [1.54, 1.807) is 6.07 Å². The van der Waals surface area contributed by atoms with E-state index in [1.807, 2.05) is 0 Å². The number of benzene rings is 2. The van der Waals surface area contributed by atoms with Gasteiger partial charge in [0.15, 0.2) is 12.4 Å². The fourth-order valence-electron chi connectivity index (χ4n) is 4.65. The first kappa shape index (κ1) is 27.0. The molecule has 200 valence electrons. The van der Waals surface area contributed by atoms with Crippen molar-refractivity contribution in [3.05, 3.63) is 83.8 Å². The molecule has 2 amide bonds. The number of furan rings is 1. The second-order valence-corrected chi connectivity index (χ2v) is 11.5. The standard InChI is InChI=1S/C28H21Br2NO8/c29-21-12-19-20(13-22(21)30)26(34)31(25(19)33)17-7-3-16(4-8-17)27(35)38-14-23(32)15-5-9-18(10-6-15)39-28(36)24-2-1-11-37-24/h1-11,19-22H,12-14H2. The van der Waals surface area contributed by atoms with E-state index in [2.05, 4.69) is 31.9 Å². The third-order valence-electron chi connectivity index (χ3n) is 6.72. The highest BCUT2D eigenvalue weighted by atomic mass is 79.9. The number of rotatable bonds is 7. The lowest BCUT2D eigenvalue weighted by Crippen LogP contribution is -2.34. The first-order valence-corrected chi connectivity index (χ1v) is 13.9. The van der Waals surface area contributed by atoms with Crippen LogP contribution in [0.4, 0.5) is 5.69 Å². The van der Waals surface area contributed by atoms with Crippen molar-refractivity contribution in [3.8, 4) is 5.75 Å². The molecule has 5 rings (SSSR count). The summed E-state index contributed by atoms with van der Waals surface area (Å²) >= 11 is 7.14. The minimum absolute atomic E-state index is 0.0485. The lowest BCUT2D eigenvalue weighted by molar-refractivity contribution is -0.122. The Morgan fingerprint density at radius 3 is 1.97 bits per heavy atom. The number of hydrogen-bond donors (Lipinski definition) is 0. The minimum atomic E-state index is -0.726. The minimum Gasteiger partial charge on any atom is -0.457 e. The van der Waals surface area contributed by atoms with E-state index in [4.69, 9.17) is 13.9 Å². The number of hydrogen-bond acceptors (Lipinski definition) is 8. The van der Waals surface area contributed by atoms with Crippen LogP contribution in [-0.2, 0) is 14.3 Å². The van der Waals surface area contributed by atoms with Gasteiger partial charge in [-0.1, -0.05) is 31.9 Å². The van der Waals surface area contributed by atoms with Gasteiger partial charge in [-0.15, -0.1) is 0 Å². The molecule has 0 spiro atoms. The Labute approximate surface area is 239 Å². The summed E-state index contributed by atoms with van der Waals surface area (Å²) in [6, 6.07) is 14.8. The number of Topliss-reactive ketones (excluding diaryl/α,β-unsaturated/α-hetero) is 1. The molecule has 9 nitrogen and oxygen atoms in total. The molecule has 1 aliphatic heterocycles. The summed E-state index contributed by atoms with van der Waals surface area (Å²) in [5.41, 5.74) is 0.821. The summed E-state index contributed by atoms with van der Waals surface area (Å²) in [5, 5.41) is 0. The Balaban J connectivity index is 1.16. The van der Waals surface area contributed by atoms with Gasteiger partial charge in [0.25, 0.3) is 0 Å². The predicted octanol–water partition coefficient (Wildman–Crippen LogP) is 4.96. The van der Waals surface area contributed by atoms with Crippen molar-refractivity contribution in [2.24, 2.45) is 11.8 Å². The SMILES string of the molecule is O=C(COC(=O)c1ccc(N2C(=O)C3CC(Br)C(Br)CC3C2=O)cc1)c1ccc(OC(=O)c2ccco2)cc1. The molecule has 39 heavy (non-hydrogen) atoms. The van der Waals surface area contributed by atoms with Gasteiger partial charge < -0.3 is 13.9 Å². The van der Waals surface area contributed by atoms with Crippen molar-refractivity contribution in [1.82, 2.24) is 0 Å². The molecule has 3 aromatic rings. The number of esters is 2. The number of amides is 2. The van der Waals surface area contributed by atoms with Crippen LogP contribution in [0.25, 0.3) is 0 Å². The highest BCUT2D eigenvalue weighted by molar-refractivity contribution is 9.12. The number of alkyl halides is 2. The largest absolute Gasteiger partial charge is 0.457 e. The van der Waals surface area contributed by atoms with Crippen LogP contribution in [0, 0.1) is 11.8 Å². The molecule has 1 aliphatic carbocycles. The Kier molecular flexibility index (Phi) is 7.81. The molecular weight excluding hydrogens is 638 g/mol. The average molecular weight is 659 g/mol. The zero-order valence-corrected chi connectivity index (χ0v) is 23.4. The second-order valence-electron chi connectivity index (χ2n) is 9.17. The van der Waals surface area contributed by atoms with Gasteiger partial charge in [-0.25, -0.2) is 9.59 Å². The van der Waals surface area contributed by atoms with E-state index < -0.39 is 24.3 Å². The predicted molar refractivity (Wildman–Crippen MR) is 145 cm³/mol. The van der Waals surface area contributed by atoms with Gasteiger partial charge in [0.2, 0.25) is 17.6 Å². The number of imide groups is 1. The van der Waals surface area contributed by atoms with E-state index in [0.29, 0.717) is 18.5 Å². The molecule has 0 N–H and O–H groups in total. The fourth-order valence-corrected chi connectivity index (χ4v) is 5.89. The number of ether oxygens (including phenoxy) is 2. The van der Waals surface area contributed by atoms with Crippen molar-refractivity contribution in [3.63, 3.8) is 0 Å². The zero-order valence-electron chi connectivity index (χ0n) is 20.3. The topological polar surface area (TPSA) is 120 Å². The van der Waals surface area contributed by atoms with Crippen LogP contribution >= 0.6 is 31.9 Å². The number of fused-ring (bicyclic) bond motifs is 1. The second kappa shape index (κ2) is 11.3. The van der Waals surface area contributed by atoms with E-state index in [1.165, 1.54) is 65.8 Å². The van der Waals surface area contributed by atoms with Crippen molar-refractivity contribution < 1.29 is 37.9 Å². The molecule has 2 heterocycles. The van der Waals surface area contributed by atoms with Gasteiger partial charge in [0.05, 0.1) is 29.3 Å². The van der Waals surface area contributed by atoms with Gasteiger partial charge in [-0.2, -0.15) is 0 Å². The van der Waals surface area contributed by atoms with Crippen molar-refractivity contribution in [2.75, 3.05) is 11.5 Å². The molecule has 11 heteroatoms. The first-order chi connectivity index (χ1) is 18.7. The van der Waals surface area contributed by atoms with Crippen molar-refractivity contribution in [2.45, 2.75) is 22.5 Å². The Morgan fingerprint density at radius 1 is 0.821 bits per heavy atom. The van der Waals surface area contributed by atoms with Crippen LogP contribution in [0.15, 0.2) is 71.3 Å². The van der Waals surface area contributed by atoms with Gasteiger partial charge in [0, 0.05) is 15.2 Å². The maximum Gasteiger partial charge on any atom is 0.379 e. The van der Waals surface area contributed by atoms with E-state index >= 15 is 0 Å². The zero-order chi connectivity index (χ0) is 27.7. The molecular formula is C28H21Br2NO8. The summed E-state index contributed by atoms with van der Waals surface area (Å²) < 4.78 is 15.3. The molecule has 1 aromatic heterocycles. The number of anilines is 1. The lowest BCUT2D eigenvalue weighted by Gasteiger charge is -2.29. The van der Waals surface area contributed by atoms with Gasteiger partial charge >= 0.3 is 11.9 Å². The molecule has 0 bridgehead atoms. The molecule has 2 fully saturated rings. The van der Waals surface area contributed by atoms with Gasteiger partial charge in [-0.3, -0.25) is 19.3 Å². The molecule has 1 saturated carbocycles. The number of halogens is 2. The number of carbonyl (C=O) groups excluding carboxylic acids is 5. The summed E-state index contributed by atoms with van der Waals surface area (Å²) in [6.07, 6.45) is 2.49. The first-order valence-electron chi connectivity index (χ1n) is 12.0. The molecule has 0 radical (unpaired) electrons. The van der Waals surface area contributed by atoms with Gasteiger partial charge in [-0.05, 0) is 73.5 Å². The molecule has 4 unspecified atom stereocenters. The monoisotopic (exact) mass is 657 g/mol. The normalized spacial score (nSPS) is 22.4. The fraction of sp³-hybridized carbons (Fsp3) is 0.250. The highest BCUT2D eigenvalue weighted by Gasteiger charge is 2.52. The third kappa shape index (κ3) is 5.60. The average Bonchev–Trinajstić information content (AvgIpc) is 3.56. The number of carbonyl (C=O) groups is 5. The summed E-state index contributed by atoms with van der Waals surface area (Å²) in [6.45, 7) is -0.500. The maximum absolute atomic E-state index is 13.0. The smallest absolute Gasteiger partial charge is 0.379 e. The molecule has 4 atom stereocenters. The van der Waals surface area contributed by atoms with Gasteiger partial charge in [0.1, 0.15) is 5.75 Å². The quantitative estimate of drug-likeness (QED) is 0.115. The van der Waals surface area contributed by atoms with Crippen LogP contribution in [0.1, 0.15) is 44.1 Å². The van der Waals surface area contributed by atoms with Crippen LogP contribution in [0.3, 0.4) is 0 Å². The highest BCUT2D eigenvalue weighted by Crippen LogP contribution is 2.44. The van der Waals surface area contributed by atoms with Crippen LogP contribution < -0.4 is 9.64 Å². The third-order valence-corrected chi connectivity index (χ3v) is 9.45. The Hall–Kier alpha value is -3.57. The number of nitrogens with zero attached hydrogens (tertiary/aromatic N) is 1.